The minimum atomic E-state index is 0.308. The van der Waals surface area contributed by atoms with Gasteiger partial charge in [0.25, 0.3) is 0 Å². The molecule has 1 N–H and O–H groups in total. The summed E-state index contributed by atoms with van der Waals surface area (Å²) in [5.74, 6) is 0. The van der Waals surface area contributed by atoms with Crippen LogP contribution in [0.4, 0.5) is 0 Å². The molecule has 2 nitrogen and oxygen atoms in total. The van der Waals surface area contributed by atoms with Crippen LogP contribution in [0.5, 0.6) is 0 Å². The second-order valence-electron chi connectivity index (χ2n) is 3.17. The second kappa shape index (κ2) is 3.82. The molecule has 1 fully saturated rings. The number of rotatable bonds is 1. The molecular weight excluding hydrogens is 207 g/mol. The monoisotopic (exact) mass is 216 g/mol. The number of pyridine rings is 1. The van der Waals surface area contributed by atoms with Gasteiger partial charge in [-0.25, -0.2) is 0 Å². The molecule has 2 rings (SSSR count). The molecule has 0 amide bonds. The molecule has 0 unspecified atom stereocenters. The van der Waals surface area contributed by atoms with Crippen molar-refractivity contribution in [1.82, 2.24) is 10.3 Å². The van der Waals surface area contributed by atoms with E-state index in [9.17, 15) is 0 Å². The zero-order valence-electron chi connectivity index (χ0n) is 7.06. The van der Waals surface area contributed by atoms with Gasteiger partial charge in [-0.3, -0.25) is 4.98 Å². The SMILES string of the molecule is Clc1cncc(Cl)c1[C@@H]1CCCN1. The summed E-state index contributed by atoms with van der Waals surface area (Å²) in [6.07, 6.45) is 5.56. The van der Waals surface area contributed by atoms with E-state index in [1.807, 2.05) is 0 Å². The van der Waals surface area contributed by atoms with Gasteiger partial charge < -0.3 is 5.32 Å². The predicted octanol–water partition coefficient (Wildman–Crippen LogP) is 2.81. The molecule has 0 bridgehead atoms. The molecule has 0 radical (unpaired) electrons. The highest BCUT2D eigenvalue weighted by molar-refractivity contribution is 6.35. The summed E-state index contributed by atoms with van der Waals surface area (Å²) in [4.78, 5) is 3.92. The van der Waals surface area contributed by atoms with Crippen molar-refractivity contribution in [2.45, 2.75) is 18.9 Å². The fourth-order valence-corrected chi connectivity index (χ4v) is 2.31. The average Bonchev–Trinajstić information content (AvgIpc) is 2.57. The van der Waals surface area contributed by atoms with Gasteiger partial charge in [0.2, 0.25) is 0 Å². The molecule has 70 valence electrons. The lowest BCUT2D eigenvalue weighted by molar-refractivity contribution is 0.647. The summed E-state index contributed by atoms with van der Waals surface area (Å²) in [6.45, 7) is 1.04. The molecule has 0 aromatic carbocycles. The summed E-state index contributed by atoms with van der Waals surface area (Å²) in [5, 5.41) is 4.68. The maximum Gasteiger partial charge on any atom is 0.0652 e. The van der Waals surface area contributed by atoms with Gasteiger partial charge in [-0.2, -0.15) is 0 Å². The van der Waals surface area contributed by atoms with Crippen LogP contribution in [0, 0.1) is 0 Å². The van der Waals surface area contributed by atoms with Crippen LogP contribution in [0.15, 0.2) is 12.4 Å². The topological polar surface area (TPSA) is 24.9 Å². The Labute approximate surface area is 87.3 Å². The van der Waals surface area contributed by atoms with Crippen molar-refractivity contribution in [2.24, 2.45) is 0 Å². The molecule has 0 spiro atoms. The first-order valence-electron chi connectivity index (χ1n) is 4.31. The Morgan fingerprint density at radius 1 is 1.31 bits per heavy atom. The standard InChI is InChI=1S/C9H10Cl2N2/c10-6-4-12-5-7(11)9(6)8-2-1-3-13-8/h4-5,8,13H,1-3H2/t8-/m0/s1. The number of hydrogen-bond acceptors (Lipinski definition) is 2. The van der Waals surface area contributed by atoms with E-state index in [1.165, 1.54) is 6.42 Å². The van der Waals surface area contributed by atoms with E-state index in [0.717, 1.165) is 18.5 Å². The highest BCUT2D eigenvalue weighted by Crippen LogP contribution is 2.33. The molecule has 1 aromatic rings. The lowest BCUT2D eigenvalue weighted by Crippen LogP contribution is -2.13. The summed E-state index contributed by atoms with van der Waals surface area (Å²) in [6, 6.07) is 0.308. The summed E-state index contributed by atoms with van der Waals surface area (Å²) in [5.41, 5.74) is 0.996. The van der Waals surface area contributed by atoms with Crippen molar-refractivity contribution in [2.75, 3.05) is 6.54 Å². The maximum atomic E-state index is 6.02. The van der Waals surface area contributed by atoms with E-state index in [-0.39, 0.29) is 0 Å². The minimum Gasteiger partial charge on any atom is -0.310 e. The van der Waals surface area contributed by atoms with Crippen molar-refractivity contribution in [3.63, 3.8) is 0 Å². The van der Waals surface area contributed by atoms with Crippen LogP contribution in [0.1, 0.15) is 24.4 Å². The van der Waals surface area contributed by atoms with Crippen molar-refractivity contribution in [3.8, 4) is 0 Å². The molecule has 13 heavy (non-hydrogen) atoms. The van der Waals surface area contributed by atoms with Gasteiger partial charge in [0.05, 0.1) is 10.0 Å². The number of nitrogens with one attached hydrogen (secondary N) is 1. The van der Waals surface area contributed by atoms with Crippen LogP contribution < -0.4 is 5.32 Å². The Balaban J connectivity index is 2.37. The van der Waals surface area contributed by atoms with Crippen LogP contribution in [0.25, 0.3) is 0 Å². The van der Waals surface area contributed by atoms with E-state index in [0.29, 0.717) is 16.1 Å². The van der Waals surface area contributed by atoms with E-state index in [1.54, 1.807) is 12.4 Å². The first-order chi connectivity index (χ1) is 6.29. The van der Waals surface area contributed by atoms with Crippen molar-refractivity contribution in [1.29, 1.82) is 0 Å². The van der Waals surface area contributed by atoms with Crippen LogP contribution in [-0.4, -0.2) is 11.5 Å². The van der Waals surface area contributed by atoms with E-state index < -0.39 is 0 Å². The number of halogens is 2. The zero-order valence-corrected chi connectivity index (χ0v) is 8.57. The smallest absolute Gasteiger partial charge is 0.0652 e. The molecule has 1 saturated heterocycles. The highest BCUT2D eigenvalue weighted by Gasteiger charge is 2.21. The van der Waals surface area contributed by atoms with Crippen LogP contribution in [0.3, 0.4) is 0 Å². The van der Waals surface area contributed by atoms with Gasteiger partial charge >= 0.3 is 0 Å². The van der Waals surface area contributed by atoms with Gasteiger partial charge in [0.1, 0.15) is 0 Å². The van der Waals surface area contributed by atoms with Crippen LogP contribution in [0.2, 0.25) is 10.0 Å². The third-order valence-corrected chi connectivity index (χ3v) is 2.90. The predicted molar refractivity (Wildman–Crippen MR) is 54.2 cm³/mol. The van der Waals surface area contributed by atoms with E-state index in [2.05, 4.69) is 10.3 Å². The maximum absolute atomic E-state index is 6.02. The van der Waals surface area contributed by atoms with Gasteiger partial charge in [-0.1, -0.05) is 23.2 Å². The largest absolute Gasteiger partial charge is 0.310 e. The second-order valence-corrected chi connectivity index (χ2v) is 3.98. The van der Waals surface area contributed by atoms with Gasteiger partial charge in [0, 0.05) is 24.0 Å². The fraction of sp³-hybridized carbons (Fsp3) is 0.444. The third kappa shape index (κ3) is 1.80. The van der Waals surface area contributed by atoms with Gasteiger partial charge in [-0.15, -0.1) is 0 Å². The molecule has 4 heteroatoms. The minimum absolute atomic E-state index is 0.308. The molecule has 0 aliphatic carbocycles. The first-order valence-corrected chi connectivity index (χ1v) is 5.07. The fourth-order valence-electron chi connectivity index (χ4n) is 1.69. The molecule has 1 aliphatic rings. The zero-order chi connectivity index (χ0) is 9.26. The Bertz CT molecular complexity index is 288. The Kier molecular flexibility index (Phi) is 2.72. The molecule has 0 saturated carbocycles. The molecule has 1 atom stereocenters. The molecular formula is C9H10Cl2N2. The van der Waals surface area contributed by atoms with Gasteiger partial charge in [-0.05, 0) is 19.4 Å². The highest BCUT2D eigenvalue weighted by atomic mass is 35.5. The van der Waals surface area contributed by atoms with Crippen LogP contribution >= 0.6 is 23.2 Å². The number of hydrogen-bond donors (Lipinski definition) is 1. The average molecular weight is 217 g/mol. The van der Waals surface area contributed by atoms with Gasteiger partial charge in [0.15, 0.2) is 0 Å². The van der Waals surface area contributed by atoms with Crippen molar-refractivity contribution in [3.05, 3.63) is 28.0 Å². The molecule has 1 aromatic heterocycles. The lowest BCUT2D eigenvalue weighted by atomic mass is 10.1. The molecule has 2 heterocycles. The number of aromatic nitrogens is 1. The molecule has 1 aliphatic heterocycles. The summed E-state index contributed by atoms with van der Waals surface area (Å²) in [7, 11) is 0. The summed E-state index contributed by atoms with van der Waals surface area (Å²) < 4.78 is 0. The van der Waals surface area contributed by atoms with E-state index in [4.69, 9.17) is 23.2 Å². The third-order valence-electron chi connectivity index (χ3n) is 2.30. The normalized spacial score (nSPS) is 22.2. The first kappa shape index (κ1) is 9.25. The quantitative estimate of drug-likeness (QED) is 0.782. The summed E-state index contributed by atoms with van der Waals surface area (Å²) >= 11 is 12.0. The lowest BCUT2D eigenvalue weighted by Gasteiger charge is -2.13. The van der Waals surface area contributed by atoms with E-state index >= 15 is 0 Å². The Morgan fingerprint density at radius 3 is 2.54 bits per heavy atom. The van der Waals surface area contributed by atoms with Crippen molar-refractivity contribution >= 4 is 23.2 Å². The number of nitrogens with zero attached hydrogens (tertiary/aromatic N) is 1. The Hall–Kier alpha value is -0.310. The Morgan fingerprint density at radius 2 is 2.00 bits per heavy atom. The van der Waals surface area contributed by atoms with Crippen LogP contribution in [-0.2, 0) is 0 Å². The van der Waals surface area contributed by atoms with Crippen molar-refractivity contribution < 1.29 is 0 Å².